The highest BCUT2D eigenvalue weighted by molar-refractivity contribution is 5.95. The van der Waals surface area contributed by atoms with E-state index in [-0.39, 0.29) is 11.1 Å². The highest BCUT2D eigenvalue weighted by Gasteiger charge is 2.16. The van der Waals surface area contributed by atoms with Crippen LogP contribution in [0.2, 0.25) is 0 Å². The summed E-state index contributed by atoms with van der Waals surface area (Å²) in [5.41, 5.74) is 3.27. The lowest BCUT2D eigenvalue weighted by Crippen LogP contribution is -2.08. The summed E-state index contributed by atoms with van der Waals surface area (Å²) in [4.78, 5) is 22.5. The van der Waals surface area contributed by atoms with E-state index in [1.54, 1.807) is 19.3 Å². The molecule has 124 valence electrons. The molecule has 2 aromatic carbocycles. The zero-order chi connectivity index (χ0) is 17.7. The maximum Gasteiger partial charge on any atom is 0.336 e. The SMILES string of the molecule is C=Cc1cccc(Cc2ccc(C(=O)O)cc2C(=O)O)c1COC. The molecule has 0 saturated heterocycles. The Morgan fingerprint density at radius 1 is 1.12 bits per heavy atom. The van der Waals surface area contributed by atoms with E-state index in [1.807, 2.05) is 18.2 Å². The summed E-state index contributed by atoms with van der Waals surface area (Å²) in [5, 5.41) is 18.4. The number of hydrogen-bond acceptors (Lipinski definition) is 3. The molecule has 2 aromatic rings. The fourth-order valence-corrected chi connectivity index (χ4v) is 2.60. The van der Waals surface area contributed by atoms with Gasteiger partial charge in [0, 0.05) is 7.11 Å². The molecule has 5 heteroatoms. The molecule has 24 heavy (non-hydrogen) atoms. The number of hydrogen-bond donors (Lipinski definition) is 2. The molecule has 0 aliphatic rings. The molecule has 0 radical (unpaired) electrons. The van der Waals surface area contributed by atoms with Gasteiger partial charge in [-0.2, -0.15) is 0 Å². The number of benzene rings is 2. The maximum atomic E-state index is 11.5. The van der Waals surface area contributed by atoms with Gasteiger partial charge in [0.1, 0.15) is 0 Å². The van der Waals surface area contributed by atoms with E-state index >= 15 is 0 Å². The molecule has 2 rings (SSSR count). The molecule has 0 bridgehead atoms. The number of methoxy groups -OCH3 is 1. The van der Waals surface area contributed by atoms with Crippen molar-refractivity contribution in [2.45, 2.75) is 13.0 Å². The van der Waals surface area contributed by atoms with Crippen molar-refractivity contribution in [2.24, 2.45) is 0 Å². The van der Waals surface area contributed by atoms with Gasteiger partial charge in [0.15, 0.2) is 0 Å². The van der Waals surface area contributed by atoms with Crippen molar-refractivity contribution >= 4 is 18.0 Å². The summed E-state index contributed by atoms with van der Waals surface area (Å²) in [6.45, 7) is 4.17. The first-order valence-corrected chi connectivity index (χ1v) is 7.29. The second-order valence-corrected chi connectivity index (χ2v) is 5.28. The summed E-state index contributed by atoms with van der Waals surface area (Å²) in [7, 11) is 1.59. The second-order valence-electron chi connectivity index (χ2n) is 5.28. The van der Waals surface area contributed by atoms with Crippen molar-refractivity contribution in [2.75, 3.05) is 7.11 Å². The van der Waals surface area contributed by atoms with Crippen molar-refractivity contribution in [1.82, 2.24) is 0 Å². The van der Waals surface area contributed by atoms with Gasteiger partial charge in [-0.25, -0.2) is 9.59 Å². The summed E-state index contributed by atoms with van der Waals surface area (Å²) < 4.78 is 5.24. The van der Waals surface area contributed by atoms with E-state index in [9.17, 15) is 14.7 Å². The van der Waals surface area contributed by atoms with Gasteiger partial charge in [-0.3, -0.25) is 0 Å². The minimum Gasteiger partial charge on any atom is -0.478 e. The van der Waals surface area contributed by atoms with Gasteiger partial charge < -0.3 is 14.9 Å². The molecular weight excluding hydrogens is 308 g/mol. The van der Waals surface area contributed by atoms with Gasteiger partial charge in [0.05, 0.1) is 17.7 Å². The van der Waals surface area contributed by atoms with Crippen molar-refractivity contribution in [3.05, 3.63) is 76.4 Å². The Bertz CT molecular complexity index is 792. The molecule has 0 aromatic heterocycles. The van der Waals surface area contributed by atoms with Crippen LogP contribution < -0.4 is 0 Å². The maximum absolute atomic E-state index is 11.5. The van der Waals surface area contributed by atoms with E-state index in [2.05, 4.69) is 6.58 Å². The van der Waals surface area contributed by atoms with Crippen LogP contribution in [0.25, 0.3) is 6.08 Å². The smallest absolute Gasteiger partial charge is 0.336 e. The molecule has 0 saturated carbocycles. The highest BCUT2D eigenvalue weighted by atomic mass is 16.5. The van der Waals surface area contributed by atoms with Crippen LogP contribution in [-0.2, 0) is 17.8 Å². The minimum absolute atomic E-state index is 0.0118. The number of carboxylic acid groups (broad SMARTS) is 2. The van der Waals surface area contributed by atoms with Gasteiger partial charge in [0.25, 0.3) is 0 Å². The Hall–Kier alpha value is -2.92. The van der Waals surface area contributed by atoms with Gasteiger partial charge in [-0.05, 0) is 40.8 Å². The Morgan fingerprint density at radius 3 is 2.46 bits per heavy atom. The molecule has 2 N–H and O–H groups in total. The van der Waals surface area contributed by atoms with Gasteiger partial charge in [-0.15, -0.1) is 0 Å². The topological polar surface area (TPSA) is 83.8 Å². The zero-order valence-electron chi connectivity index (χ0n) is 13.3. The van der Waals surface area contributed by atoms with Crippen LogP contribution in [-0.4, -0.2) is 29.3 Å². The number of carbonyl (C=O) groups is 2. The number of ether oxygens (including phenoxy) is 1. The van der Waals surface area contributed by atoms with Crippen molar-refractivity contribution in [3.63, 3.8) is 0 Å². The monoisotopic (exact) mass is 326 g/mol. The lowest BCUT2D eigenvalue weighted by Gasteiger charge is -2.14. The van der Waals surface area contributed by atoms with Crippen LogP contribution in [0.1, 0.15) is 43.0 Å². The Kier molecular flexibility index (Phi) is 5.50. The van der Waals surface area contributed by atoms with Crippen LogP contribution in [0.3, 0.4) is 0 Å². The number of rotatable bonds is 7. The van der Waals surface area contributed by atoms with E-state index < -0.39 is 11.9 Å². The molecular formula is C19H18O5. The summed E-state index contributed by atoms with van der Waals surface area (Å²) in [6, 6.07) is 9.83. The van der Waals surface area contributed by atoms with E-state index in [0.29, 0.717) is 18.6 Å². The standard InChI is InChI=1S/C19H18O5/c1-3-12-5-4-6-13(17(12)11-24-2)9-14-7-8-15(18(20)21)10-16(14)19(22)23/h3-8,10H,1,9,11H2,2H3,(H,20,21)(H,22,23). The molecule has 5 nitrogen and oxygen atoms in total. The first-order chi connectivity index (χ1) is 11.5. The molecule has 0 amide bonds. The largest absolute Gasteiger partial charge is 0.478 e. The molecule has 0 atom stereocenters. The van der Waals surface area contributed by atoms with Crippen LogP contribution in [0.15, 0.2) is 43.0 Å². The summed E-state index contributed by atoms with van der Waals surface area (Å²) in [6.07, 6.45) is 2.09. The summed E-state index contributed by atoms with van der Waals surface area (Å²) in [5.74, 6) is -2.31. The highest BCUT2D eigenvalue weighted by Crippen LogP contribution is 2.23. The predicted octanol–water partition coefficient (Wildman–Crippen LogP) is 3.46. The Balaban J connectivity index is 2.50. The molecule has 0 heterocycles. The quantitative estimate of drug-likeness (QED) is 0.814. The fraction of sp³-hybridized carbons (Fsp3) is 0.158. The van der Waals surface area contributed by atoms with E-state index in [1.165, 1.54) is 12.1 Å². The Morgan fingerprint density at radius 2 is 1.88 bits per heavy atom. The lowest BCUT2D eigenvalue weighted by atomic mass is 9.93. The zero-order valence-corrected chi connectivity index (χ0v) is 13.3. The average Bonchev–Trinajstić information content (AvgIpc) is 2.56. The molecule has 0 fully saturated rings. The number of carboxylic acids is 2. The van der Waals surface area contributed by atoms with Crippen LogP contribution in [0.5, 0.6) is 0 Å². The first-order valence-electron chi connectivity index (χ1n) is 7.29. The second kappa shape index (κ2) is 7.57. The van der Waals surface area contributed by atoms with Gasteiger partial charge in [0.2, 0.25) is 0 Å². The first kappa shape index (κ1) is 17.4. The van der Waals surface area contributed by atoms with Crippen LogP contribution in [0.4, 0.5) is 0 Å². The van der Waals surface area contributed by atoms with Gasteiger partial charge >= 0.3 is 11.9 Å². The molecule has 0 aliphatic carbocycles. The molecule has 0 spiro atoms. The number of aromatic carboxylic acids is 2. The van der Waals surface area contributed by atoms with Crippen molar-refractivity contribution < 1.29 is 24.5 Å². The lowest BCUT2D eigenvalue weighted by molar-refractivity contribution is 0.0695. The van der Waals surface area contributed by atoms with Crippen molar-refractivity contribution in [3.8, 4) is 0 Å². The summed E-state index contributed by atoms with van der Waals surface area (Å²) >= 11 is 0. The Labute approximate surface area is 139 Å². The van der Waals surface area contributed by atoms with Crippen molar-refractivity contribution in [1.29, 1.82) is 0 Å². The normalized spacial score (nSPS) is 10.4. The van der Waals surface area contributed by atoms with Gasteiger partial charge in [-0.1, -0.05) is 36.9 Å². The third-order valence-corrected chi connectivity index (χ3v) is 3.79. The van der Waals surface area contributed by atoms with Crippen LogP contribution >= 0.6 is 0 Å². The molecule has 0 unspecified atom stereocenters. The average molecular weight is 326 g/mol. The van der Waals surface area contributed by atoms with E-state index in [4.69, 9.17) is 9.84 Å². The third kappa shape index (κ3) is 3.70. The third-order valence-electron chi connectivity index (χ3n) is 3.79. The minimum atomic E-state index is -1.15. The van der Waals surface area contributed by atoms with E-state index in [0.717, 1.165) is 16.7 Å². The van der Waals surface area contributed by atoms with Crippen LogP contribution in [0, 0.1) is 0 Å². The fourth-order valence-electron chi connectivity index (χ4n) is 2.60. The molecule has 0 aliphatic heterocycles. The predicted molar refractivity (Wildman–Crippen MR) is 90.4 cm³/mol.